The molecule has 2 rings (SSSR count). The Hall–Kier alpha value is -2.72. The molecular weight excluding hydrogens is 970 g/mol. The SMILES string of the molecule is CC/C=C\C/C=C\C/C=C\C/C=C\CCCCCCC(=O)O[C@@H]1COC(=O)CCCC=CC[C@@H]2[C@@H](O)[C@H](O)[C@@H](O)[C@H](OP(=O)(O)OC1)[C@H](OP(=O)(O)O)[C@H](O)[C@@H](C=C[C@@H](O)CCCCC)OC(O)C[C@@H]2O. The van der Waals surface area contributed by atoms with Crippen molar-refractivity contribution in [1.29, 1.82) is 0 Å². The van der Waals surface area contributed by atoms with Crippen molar-refractivity contribution in [2.24, 2.45) is 5.92 Å². The first-order valence-electron chi connectivity index (χ1n) is 24.9. The van der Waals surface area contributed by atoms with Crippen LogP contribution in [0.2, 0.25) is 0 Å². The van der Waals surface area contributed by atoms with E-state index >= 15 is 0 Å². The maximum absolute atomic E-state index is 13.8. The molecule has 0 radical (unpaired) electrons. The quantitative estimate of drug-likeness (QED) is 0.0253. The highest BCUT2D eigenvalue weighted by Crippen LogP contribution is 2.49. The number of aliphatic hydroxyl groups is 7. The lowest BCUT2D eigenvalue weighted by atomic mass is 9.83. The summed E-state index contributed by atoms with van der Waals surface area (Å²) >= 11 is 0. The molecule has 2 aliphatic heterocycles. The van der Waals surface area contributed by atoms with Crippen molar-refractivity contribution >= 4 is 27.6 Å². The first-order chi connectivity index (χ1) is 33.8. The molecule has 2 unspecified atom stereocenters. The van der Waals surface area contributed by atoms with Crippen LogP contribution < -0.4 is 0 Å². The van der Waals surface area contributed by atoms with Crippen LogP contribution in [-0.4, -0.2) is 143 Å². The number of phosphoric ester groups is 2. The summed E-state index contributed by atoms with van der Waals surface area (Å²) in [6.07, 6.45) is 7.74. The molecule has 1 saturated heterocycles. The molecule has 10 N–H and O–H groups in total. The van der Waals surface area contributed by atoms with Crippen molar-refractivity contribution < 1.29 is 96.9 Å². The second-order valence-corrected chi connectivity index (χ2v) is 20.3. The lowest BCUT2D eigenvalue weighted by Crippen LogP contribution is -2.58. The zero-order valence-electron chi connectivity index (χ0n) is 41.2. The van der Waals surface area contributed by atoms with Crippen LogP contribution in [0.5, 0.6) is 0 Å². The summed E-state index contributed by atoms with van der Waals surface area (Å²) in [4.78, 5) is 56.9. The van der Waals surface area contributed by atoms with Crippen molar-refractivity contribution in [2.45, 2.75) is 203 Å². The largest absolute Gasteiger partial charge is 0.472 e. The van der Waals surface area contributed by atoms with Gasteiger partial charge >= 0.3 is 27.6 Å². The maximum atomic E-state index is 13.8. The fourth-order valence-corrected chi connectivity index (χ4v) is 9.18. The summed E-state index contributed by atoms with van der Waals surface area (Å²) < 4.78 is 57.8. The number of phosphoric acid groups is 2. The minimum Gasteiger partial charge on any atom is -0.462 e. The molecule has 13 atom stereocenters. The smallest absolute Gasteiger partial charge is 0.462 e. The zero-order chi connectivity index (χ0) is 52.7. The number of rotatable bonds is 23. The van der Waals surface area contributed by atoms with Gasteiger partial charge in [0.15, 0.2) is 12.4 Å². The lowest BCUT2D eigenvalue weighted by molar-refractivity contribution is -0.210. The number of allylic oxidation sites excluding steroid dienone is 10. The Morgan fingerprint density at radius 2 is 1.51 bits per heavy atom. The molecule has 0 spiro atoms. The number of carbonyl (C=O) groups is 2. The zero-order valence-corrected chi connectivity index (χ0v) is 42.9. The monoisotopic (exact) mass is 1050 g/mol. The van der Waals surface area contributed by atoms with Crippen molar-refractivity contribution in [1.82, 2.24) is 0 Å². The van der Waals surface area contributed by atoms with Gasteiger partial charge in [-0.2, -0.15) is 0 Å². The van der Waals surface area contributed by atoms with Crippen molar-refractivity contribution in [3.63, 3.8) is 0 Å². The van der Waals surface area contributed by atoms with E-state index in [0.29, 0.717) is 19.3 Å². The van der Waals surface area contributed by atoms with Crippen LogP contribution in [0.1, 0.15) is 136 Å². The molecule has 0 aliphatic carbocycles. The van der Waals surface area contributed by atoms with Crippen molar-refractivity contribution in [3.8, 4) is 0 Å². The summed E-state index contributed by atoms with van der Waals surface area (Å²) in [7, 11) is -11.5. The number of fused-ring (bicyclic) bond motifs is 4. The summed E-state index contributed by atoms with van der Waals surface area (Å²) in [6, 6.07) is 0. The fraction of sp³-hybridized carbons (Fsp3) is 0.714. The number of ether oxygens (including phenoxy) is 3. The molecular formula is C49H82O20P2. The molecule has 2 bridgehead atoms. The Balaban J connectivity index is 2.34. The van der Waals surface area contributed by atoms with E-state index in [2.05, 4.69) is 55.5 Å². The van der Waals surface area contributed by atoms with Gasteiger partial charge in [-0.15, -0.1) is 0 Å². The molecule has 0 amide bonds. The van der Waals surface area contributed by atoms with Gasteiger partial charge in [0.05, 0.1) is 24.9 Å². The number of carbonyl (C=O) groups excluding carboxylic acids is 2. The van der Waals surface area contributed by atoms with Crippen LogP contribution in [0, 0.1) is 5.92 Å². The highest BCUT2D eigenvalue weighted by molar-refractivity contribution is 7.47. The van der Waals surface area contributed by atoms with Gasteiger partial charge < -0.3 is 64.6 Å². The molecule has 0 aromatic heterocycles. The minimum absolute atomic E-state index is 0.0698. The highest BCUT2D eigenvalue weighted by atomic mass is 31.2. The molecule has 20 nitrogen and oxygen atoms in total. The van der Waals surface area contributed by atoms with Gasteiger partial charge in [0, 0.05) is 25.2 Å². The van der Waals surface area contributed by atoms with Gasteiger partial charge in [0.2, 0.25) is 0 Å². The van der Waals surface area contributed by atoms with Crippen LogP contribution in [0.4, 0.5) is 0 Å². The standard InChI is InChI=1S/C49H82O20P2/c1-3-5-7-8-9-10-11-12-13-14-15-16-17-18-19-20-26-30-42(53)66-37-34-64-41(52)29-25-22-21-24-28-38-39(51)33-43(54)67-40(32-31-36(50)27-23-6-4-2)45(56)48(68-70(59,60)61)49(47(58)46(57)44(38)55)69-71(62,63)65-35-37/h5,7,9-10,12-13,15-16,21,24,31-32,36-40,43-51,54-58H,3-4,6,8,11,14,17-20,22-23,25-30,33-35H2,1-2H3,(H,62,63)(H2,59,60,61)/b7-5-,10-9-,13-12-,16-15-,24-21?,32-31?/t36-,37+,38-,39-,40+,43?,44+,45+,46-,47+,48+,49-/m0/s1. The third-order valence-corrected chi connectivity index (χ3v) is 13.1. The molecule has 0 aromatic rings. The maximum Gasteiger partial charge on any atom is 0.472 e. The van der Waals surface area contributed by atoms with Crippen LogP contribution >= 0.6 is 15.6 Å². The normalized spacial score (nSPS) is 31.2. The average Bonchev–Trinajstić information content (AvgIpc) is 3.31. The van der Waals surface area contributed by atoms with Crippen molar-refractivity contribution in [2.75, 3.05) is 13.2 Å². The molecule has 2 aliphatic rings. The van der Waals surface area contributed by atoms with E-state index in [0.717, 1.165) is 69.9 Å². The van der Waals surface area contributed by atoms with E-state index < -0.39 is 120 Å². The number of hydrogen-bond acceptors (Lipinski definition) is 17. The second-order valence-electron chi connectivity index (χ2n) is 17.7. The van der Waals surface area contributed by atoms with Crippen LogP contribution in [0.15, 0.2) is 72.9 Å². The number of aliphatic hydroxyl groups excluding tert-OH is 7. The van der Waals surface area contributed by atoms with Crippen molar-refractivity contribution in [3.05, 3.63) is 72.9 Å². The lowest BCUT2D eigenvalue weighted by Gasteiger charge is -2.41. The Morgan fingerprint density at radius 3 is 2.17 bits per heavy atom. The van der Waals surface area contributed by atoms with Gasteiger partial charge in [0.1, 0.15) is 43.2 Å². The van der Waals surface area contributed by atoms with Crippen LogP contribution in [-0.2, 0) is 46.5 Å². The van der Waals surface area contributed by atoms with E-state index in [1.54, 1.807) is 6.08 Å². The van der Waals surface area contributed by atoms with Gasteiger partial charge in [-0.3, -0.25) is 23.2 Å². The van der Waals surface area contributed by atoms with E-state index in [4.69, 9.17) is 27.8 Å². The van der Waals surface area contributed by atoms with E-state index in [1.807, 2.05) is 6.92 Å². The Bertz CT molecular complexity index is 1760. The predicted molar refractivity (Wildman–Crippen MR) is 263 cm³/mol. The number of unbranched alkanes of at least 4 members (excludes halogenated alkanes) is 6. The molecule has 0 saturated carbocycles. The summed E-state index contributed by atoms with van der Waals surface area (Å²) in [5.41, 5.74) is 0. The number of hydrogen-bond donors (Lipinski definition) is 10. The number of esters is 2. The summed E-state index contributed by atoms with van der Waals surface area (Å²) in [5.74, 6) is -2.92. The third-order valence-electron chi connectivity index (χ3n) is 11.6. The molecule has 22 heteroatoms. The molecule has 2 heterocycles. The minimum atomic E-state index is -5.80. The average molecular weight is 1050 g/mol. The first kappa shape index (κ1) is 64.4. The van der Waals surface area contributed by atoms with Crippen LogP contribution in [0.3, 0.4) is 0 Å². The molecule has 71 heavy (non-hydrogen) atoms. The van der Waals surface area contributed by atoms with E-state index in [1.165, 1.54) is 6.08 Å². The van der Waals surface area contributed by atoms with Gasteiger partial charge in [0.25, 0.3) is 0 Å². The molecule has 408 valence electrons. The first-order valence-corrected chi connectivity index (χ1v) is 27.9. The van der Waals surface area contributed by atoms with Gasteiger partial charge in [-0.25, -0.2) is 9.13 Å². The van der Waals surface area contributed by atoms with E-state index in [-0.39, 0.29) is 38.5 Å². The second kappa shape index (κ2) is 36.3. The third kappa shape index (κ3) is 28.5. The van der Waals surface area contributed by atoms with Gasteiger partial charge in [-0.1, -0.05) is 119 Å². The molecule has 0 aromatic carbocycles. The Labute approximate surface area is 418 Å². The summed E-state index contributed by atoms with van der Waals surface area (Å²) in [5, 5.41) is 79.1. The molecule has 1 fully saturated rings. The highest BCUT2D eigenvalue weighted by Gasteiger charge is 2.50. The Morgan fingerprint density at radius 1 is 0.845 bits per heavy atom. The summed E-state index contributed by atoms with van der Waals surface area (Å²) in [6.45, 7) is 2.39. The van der Waals surface area contributed by atoms with Crippen LogP contribution in [0.25, 0.3) is 0 Å². The number of cyclic esters (lactones) is 1. The van der Waals surface area contributed by atoms with E-state index in [9.17, 15) is 69.1 Å². The Kier molecular flexibility index (Phi) is 32.9. The fourth-order valence-electron chi connectivity index (χ4n) is 7.65. The van der Waals surface area contributed by atoms with Gasteiger partial charge in [-0.05, 0) is 70.6 Å². The predicted octanol–water partition coefficient (Wildman–Crippen LogP) is 5.72. The topological polar surface area (TPSA) is 326 Å².